The Labute approximate surface area is 91.2 Å². The lowest BCUT2D eigenvalue weighted by molar-refractivity contribution is 0.616. The molecule has 2 heterocycles. The van der Waals surface area contributed by atoms with Gasteiger partial charge in [-0.15, -0.1) is 0 Å². The van der Waals surface area contributed by atoms with E-state index < -0.39 is 0 Å². The van der Waals surface area contributed by atoms with E-state index in [9.17, 15) is 0 Å². The van der Waals surface area contributed by atoms with Gasteiger partial charge in [-0.3, -0.25) is 0 Å². The second kappa shape index (κ2) is 3.62. The number of benzene rings is 1. The molecule has 0 fully saturated rings. The fourth-order valence-electron chi connectivity index (χ4n) is 1.47. The Morgan fingerprint density at radius 3 is 2.81 bits per heavy atom. The van der Waals surface area contributed by atoms with Crippen molar-refractivity contribution in [1.29, 1.82) is 0 Å². The summed E-state index contributed by atoms with van der Waals surface area (Å²) in [6, 6.07) is 7.74. The van der Waals surface area contributed by atoms with Crippen molar-refractivity contribution < 1.29 is 4.42 Å². The molecule has 0 radical (unpaired) electrons. The summed E-state index contributed by atoms with van der Waals surface area (Å²) in [5.74, 6) is 0.515. The van der Waals surface area contributed by atoms with Crippen LogP contribution in [0.25, 0.3) is 11.0 Å². The third kappa shape index (κ3) is 1.58. The van der Waals surface area contributed by atoms with E-state index >= 15 is 0 Å². The van der Waals surface area contributed by atoms with Gasteiger partial charge in [0.1, 0.15) is 18.2 Å². The van der Waals surface area contributed by atoms with Crippen molar-refractivity contribution in [2.75, 3.05) is 5.32 Å². The Morgan fingerprint density at radius 2 is 1.94 bits per heavy atom. The van der Waals surface area contributed by atoms with Crippen molar-refractivity contribution in [1.82, 2.24) is 15.0 Å². The van der Waals surface area contributed by atoms with Crippen LogP contribution in [0.5, 0.6) is 0 Å². The van der Waals surface area contributed by atoms with Crippen molar-refractivity contribution in [3.05, 3.63) is 43.2 Å². The van der Waals surface area contributed by atoms with Gasteiger partial charge in [0.05, 0.1) is 6.26 Å². The second-order valence-electron chi connectivity index (χ2n) is 3.26. The van der Waals surface area contributed by atoms with Crippen LogP contribution in [0, 0.1) is 0 Å². The molecule has 0 unspecified atom stereocenters. The molecule has 2 aromatic heterocycles. The lowest BCUT2D eigenvalue weighted by Crippen LogP contribution is -1.96. The van der Waals surface area contributed by atoms with Gasteiger partial charge in [-0.1, -0.05) is 0 Å². The minimum Gasteiger partial charge on any atom is -0.464 e. The van der Waals surface area contributed by atoms with E-state index in [0.717, 1.165) is 16.7 Å². The van der Waals surface area contributed by atoms with Crippen LogP contribution in [0.4, 0.5) is 11.6 Å². The zero-order valence-electron chi connectivity index (χ0n) is 8.29. The highest BCUT2D eigenvalue weighted by Crippen LogP contribution is 2.21. The fraction of sp³-hybridized carbons (Fsp3) is 0. The van der Waals surface area contributed by atoms with Crippen molar-refractivity contribution in [3.8, 4) is 0 Å². The van der Waals surface area contributed by atoms with Crippen molar-refractivity contribution >= 4 is 22.6 Å². The number of nitrogens with one attached hydrogen (secondary N) is 1. The summed E-state index contributed by atoms with van der Waals surface area (Å²) in [7, 11) is 0. The van der Waals surface area contributed by atoms with Crippen LogP contribution in [0.1, 0.15) is 0 Å². The molecular formula is C11H8N4O. The molecule has 16 heavy (non-hydrogen) atoms. The van der Waals surface area contributed by atoms with Gasteiger partial charge in [-0.2, -0.15) is 0 Å². The Bertz CT molecular complexity index is 605. The lowest BCUT2D eigenvalue weighted by Gasteiger charge is -2.02. The molecule has 0 atom stereocenters. The Balaban J connectivity index is 1.94. The normalized spacial score (nSPS) is 10.5. The van der Waals surface area contributed by atoms with Crippen LogP contribution in [0.3, 0.4) is 0 Å². The third-order valence-corrected chi connectivity index (χ3v) is 2.21. The third-order valence-electron chi connectivity index (χ3n) is 2.21. The average molecular weight is 212 g/mol. The maximum absolute atomic E-state index is 5.30. The second-order valence-corrected chi connectivity index (χ2v) is 3.26. The molecule has 0 bridgehead atoms. The molecule has 0 aliphatic carbocycles. The molecular weight excluding hydrogens is 204 g/mol. The molecule has 0 spiro atoms. The SMILES string of the molecule is c1ncnc(Nc2ccc3ccoc3c2)n1. The topological polar surface area (TPSA) is 63.8 Å². The highest BCUT2D eigenvalue weighted by molar-refractivity contribution is 5.81. The van der Waals surface area contributed by atoms with Crippen molar-refractivity contribution in [3.63, 3.8) is 0 Å². The van der Waals surface area contributed by atoms with Gasteiger partial charge >= 0.3 is 0 Å². The lowest BCUT2D eigenvalue weighted by atomic mass is 10.2. The summed E-state index contributed by atoms with van der Waals surface area (Å²) in [5.41, 5.74) is 1.72. The monoisotopic (exact) mass is 212 g/mol. The summed E-state index contributed by atoms with van der Waals surface area (Å²) in [6.07, 6.45) is 4.55. The molecule has 1 N–H and O–H groups in total. The Morgan fingerprint density at radius 1 is 1.06 bits per heavy atom. The number of furan rings is 1. The maximum atomic E-state index is 5.30. The van der Waals surface area contributed by atoms with E-state index in [0.29, 0.717) is 5.95 Å². The van der Waals surface area contributed by atoms with Gasteiger partial charge in [0.2, 0.25) is 5.95 Å². The number of nitrogens with zero attached hydrogens (tertiary/aromatic N) is 3. The van der Waals surface area contributed by atoms with Gasteiger partial charge in [-0.05, 0) is 18.2 Å². The van der Waals surface area contributed by atoms with Crippen molar-refractivity contribution in [2.24, 2.45) is 0 Å². The molecule has 0 amide bonds. The summed E-state index contributed by atoms with van der Waals surface area (Å²) in [6.45, 7) is 0. The van der Waals surface area contributed by atoms with Crippen LogP contribution in [0.15, 0.2) is 47.6 Å². The summed E-state index contributed by atoms with van der Waals surface area (Å²) < 4.78 is 5.30. The Hall–Kier alpha value is -2.43. The minimum atomic E-state index is 0.515. The molecule has 5 nitrogen and oxygen atoms in total. The quantitative estimate of drug-likeness (QED) is 0.706. The molecule has 3 aromatic rings. The summed E-state index contributed by atoms with van der Waals surface area (Å²) in [5, 5.41) is 4.13. The fourth-order valence-corrected chi connectivity index (χ4v) is 1.47. The Kier molecular flexibility index (Phi) is 2.00. The van der Waals surface area contributed by atoms with Crippen LogP contribution in [-0.2, 0) is 0 Å². The molecule has 3 rings (SSSR count). The smallest absolute Gasteiger partial charge is 0.230 e. The molecule has 0 saturated carbocycles. The van der Waals surface area contributed by atoms with E-state index in [1.54, 1.807) is 6.26 Å². The number of hydrogen-bond acceptors (Lipinski definition) is 5. The molecule has 78 valence electrons. The van der Waals surface area contributed by atoms with Gasteiger partial charge in [0.25, 0.3) is 0 Å². The van der Waals surface area contributed by atoms with E-state index in [1.165, 1.54) is 12.7 Å². The highest BCUT2D eigenvalue weighted by atomic mass is 16.3. The van der Waals surface area contributed by atoms with E-state index in [1.807, 2.05) is 24.3 Å². The van der Waals surface area contributed by atoms with Gasteiger partial charge in [-0.25, -0.2) is 15.0 Å². The highest BCUT2D eigenvalue weighted by Gasteiger charge is 2.00. The molecule has 1 aromatic carbocycles. The summed E-state index contributed by atoms with van der Waals surface area (Å²) >= 11 is 0. The number of aromatic nitrogens is 3. The maximum Gasteiger partial charge on any atom is 0.230 e. The first-order valence-electron chi connectivity index (χ1n) is 4.78. The van der Waals surface area contributed by atoms with E-state index in [2.05, 4.69) is 20.3 Å². The van der Waals surface area contributed by atoms with Gasteiger partial charge in [0.15, 0.2) is 0 Å². The number of fused-ring (bicyclic) bond motifs is 1. The van der Waals surface area contributed by atoms with Gasteiger partial charge in [0, 0.05) is 17.1 Å². The summed E-state index contributed by atoms with van der Waals surface area (Å²) in [4.78, 5) is 11.7. The first kappa shape index (κ1) is 8.84. The molecule has 0 aliphatic rings. The minimum absolute atomic E-state index is 0.515. The van der Waals surface area contributed by atoms with Crippen LogP contribution < -0.4 is 5.32 Å². The standard InChI is InChI=1S/C11H8N4O/c1-2-9(5-10-8(1)3-4-16-10)15-11-13-6-12-7-14-11/h1-7H,(H,12,13,14,15). The van der Waals surface area contributed by atoms with Crippen LogP contribution in [-0.4, -0.2) is 15.0 Å². The first-order chi connectivity index (χ1) is 7.92. The number of rotatable bonds is 2. The van der Waals surface area contributed by atoms with Crippen LogP contribution >= 0.6 is 0 Å². The van der Waals surface area contributed by atoms with Crippen molar-refractivity contribution in [2.45, 2.75) is 0 Å². The van der Waals surface area contributed by atoms with Crippen LogP contribution in [0.2, 0.25) is 0 Å². The number of anilines is 2. The largest absolute Gasteiger partial charge is 0.464 e. The predicted molar refractivity (Wildman–Crippen MR) is 59.3 cm³/mol. The van der Waals surface area contributed by atoms with E-state index in [-0.39, 0.29) is 0 Å². The van der Waals surface area contributed by atoms with E-state index in [4.69, 9.17) is 4.42 Å². The molecule has 5 heteroatoms. The zero-order valence-corrected chi connectivity index (χ0v) is 8.29. The molecule has 0 saturated heterocycles. The number of hydrogen-bond donors (Lipinski definition) is 1. The van der Waals surface area contributed by atoms with Gasteiger partial charge < -0.3 is 9.73 Å². The predicted octanol–water partition coefficient (Wildman–Crippen LogP) is 2.36. The first-order valence-corrected chi connectivity index (χ1v) is 4.78. The average Bonchev–Trinajstić information content (AvgIpc) is 2.77. The zero-order chi connectivity index (χ0) is 10.8. The molecule has 0 aliphatic heterocycles.